The highest BCUT2D eigenvalue weighted by molar-refractivity contribution is 5.93. The maximum atomic E-state index is 14.3. The van der Waals surface area contributed by atoms with Gasteiger partial charge < -0.3 is 25.6 Å². The van der Waals surface area contributed by atoms with Gasteiger partial charge in [0.15, 0.2) is 0 Å². The van der Waals surface area contributed by atoms with E-state index in [1.807, 2.05) is 23.1 Å². The number of piperazine rings is 1. The van der Waals surface area contributed by atoms with Crippen molar-refractivity contribution < 1.29 is 19.1 Å². The van der Waals surface area contributed by atoms with Crippen LogP contribution in [-0.4, -0.2) is 91.5 Å². The zero-order valence-corrected chi connectivity index (χ0v) is 23.5. The second kappa shape index (κ2) is 12.7. The van der Waals surface area contributed by atoms with Crippen LogP contribution in [0.4, 0.5) is 0 Å². The van der Waals surface area contributed by atoms with E-state index in [4.69, 9.17) is 4.74 Å². The molecule has 3 amide bonds. The molecule has 0 unspecified atom stereocenters. The normalized spacial score (nSPS) is 27.0. The van der Waals surface area contributed by atoms with Crippen molar-refractivity contribution in [2.24, 2.45) is 5.92 Å². The molecule has 5 atom stereocenters. The van der Waals surface area contributed by atoms with E-state index in [2.05, 4.69) is 26.9 Å². The number of hydrogen-bond acceptors (Lipinski definition) is 6. The van der Waals surface area contributed by atoms with Gasteiger partial charge in [0.2, 0.25) is 17.7 Å². The van der Waals surface area contributed by atoms with E-state index in [9.17, 15) is 14.4 Å². The number of fused-ring (bicyclic) bond motifs is 2. The van der Waals surface area contributed by atoms with E-state index >= 15 is 0 Å². The van der Waals surface area contributed by atoms with Crippen molar-refractivity contribution in [3.8, 4) is 5.75 Å². The number of benzene rings is 1. The number of nitrogens with zero attached hydrogens (tertiary/aromatic N) is 2. The van der Waals surface area contributed by atoms with E-state index in [0.717, 1.165) is 62.8 Å². The first-order valence-corrected chi connectivity index (χ1v) is 15.0. The number of carbonyl (C=O) groups is 3. The summed E-state index contributed by atoms with van der Waals surface area (Å²) in [7, 11) is 1.75. The average Bonchev–Trinajstić information content (AvgIpc) is 3.45. The van der Waals surface area contributed by atoms with Gasteiger partial charge in [-0.2, -0.15) is 0 Å². The third-order valence-electron chi connectivity index (χ3n) is 9.39. The highest BCUT2D eigenvalue weighted by Gasteiger charge is 2.45. The molecule has 214 valence electrons. The van der Waals surface area contributed by atoms with Crippen LogP contribution in [0.1, 0.15) is 69.8 Å². The Labute approximate surface area is 232 Å². The summed E-state index contributed by atoms with van der Waals surface area (Å²) >= 11 is 0. The third kappa shape index (κ3) is 6.24. The van der Waals surface area contributed by atoms with Gasteiger partial charge in [0.25, 0.3) is 0 Å². The molecule has 3 fully saturated rings. The van der Waals surface area contributed by atoms with Gasteiger partial charge in [-0.3, -0.25) is 19.3 Å². The van der Waals surface area contributed by atoms with Gasteiger partial charge in [-0.15, -0.1) is 0 Å². The van der Waals surface area contributed by atoms with Gasteiger partial charge in [0, 0.05) is 31.6 Å². The lowest BCUT2D eigenvalue weighted by molar-refractivity contribution is -0.149. The fourth-order valence-corrected chi connectivity index (χ4v) is 6.89. The zero-order chi connectivity index (χ0) is 27.4. The Bertz CT molecular complexity index is 1030. The molecular weight excluding hydrogens is 494 g/mol. The Hall–Kier alpha value is -2.65. The first-order valence-electron chi connectivity index (χ1n) is 15.0. The number of para-hydroxylation sites is 1. The second-order valence-electron chi connectivity index (χ2n) is 11.8. The lowest BCUT2D eigenvalue weighted by Gasteiger charge is -2.45. The van der Waals surface area contributed by atoms with E-state index < -0.39 is 18.1 Å². The summed E-state index contributed by atoms with van der Waals surface area (Å²) in [6.45, 7) is 5.01. The first kappa shape index (κ1) is 27.9. The molecular formula is C30H45N5O4. The van der Waals surface area contributed by atoms with Crippen molar-refractivity contribution in [1.82, 2.24) is 25.8 Å². The molecule has 2 saturated heterocycles. The molecule has 0 aromatic heterocycles. The molecule has 0 bridgehead atoms. The number of amides is 3. The summed E-state index contributed by atoms with van der Waals surface area (Å²) in [4.78, 5) is 45.2. The lowest BCUT2D eigenvalue weighted by atomic mass is 9.82. The van der Waals surface area contributed by atoms with Crippen molar-refractivity contribution in [3.63, 3.8) is 0 Å². The van der Waals surface area contributed by atoms with E-state index in [-0.39, 0.29) is 35.6 Å². The summed E-state index contributed by atoms with van der Waals surface area (Å²) in [5.74, 6) is 0.808. The number of nitrogens with one attached hydrogen (secondary N) is 3. The molecule has 1 saturated carbocycles. The summed E-state index contributed by atoms with van der Waals surface area (Å²) in [5, 5.41) is 9.29. The highest BCUT2D eigenvalue weighted by atomic mass is 16.5. The van der Waals surface area contributed by atoms with Crippen LogP contribution in [0.5, 0.6) is 5.75 Å². The molecule has 3 N–H and O–H groups in total. The van der Waals surface area contributed by atoms with Crippen LogP contribution in [-0.2, 0) is 14.4 Å². The van der Waals surface area contributed by atoms with Crippen LogP contribution in [0.15, 0.2) is 24.3 Å². The predicted molar refractivity (Wildman–Crippen MR) is 149 cm³/mol. The Balaban J connectivity index is 1.33. The van der Waals surface area contributed by atoms with Crippen molar-refractivity contribution >= 4 is 17.7 Å². The van der Waals surface area contributed by atoms with Gasteiger partial charge in [0.05, 0.1) is 12.6 Å². The second-order valence-corrected chi connectivity index (χ2v) is 11.8. The number of hydrogen-bond donors (Lipinski definition) is 3. The molecule has 3 aliphatic heterocycles. The summed E-state index contributed by atoms with van der Waals surface area (Å²) in [6.07, 6.45) is 8.12. The summed E-state index contributed by atoms with van der Waals surface area (Å²) in [5.41, 5.74) is 1.12. The number of likely N-dealkylation sites (N-methyl/N-ethyl adjacent to an activating group) is 1. The minimum Gasteiger partial charge on any atom is -0.493 e. The fraction of sp³-hybridized carbons (Fsp3) is 0.700. The molecule has 4 aliphatic rings. The van der Waals surface area contributed by atoms with Gasteiger partial charge in [-0.1, -0.05) is 37.5 Å². The Morgan fingerprint density at radius 1 is 1.03 bits per heavy atom. The number of carbonyl (C=O) groups excluding carboxylic acids is 3. The van der Waals surface area contributed by atoms with E-state index in [1.165, 1.54) is 6.42 Å². The Morgan fingerprint density at radius 3 is 2.62 bits per heavy atom. The van der Waals surface area contributed by atoms with Crippen LogP contribution in [0, 0.1) is 5.92 Å². The smallest absolute Gasteiger partial charge is 0.246 e. The number of rotatable bonds is 8. The average molecular weight is 540 g/mol. The zero-order valence-electron chi connectivity index (χ0n) is 23.5. The molecule has 1 aromatic carbocycles. The molecule has 5 rings (SSSR count). The number of ether oxygens (including phenoxy) is 1. The van der Waals surface area contributed by atoms with Gasteiger partial charge in [-0.25, -0.2) is 0 Å². The third-order valence-corrected chi connectivity index (χ3v) is 9.39. The summed E-state index contributed by atoms with van der Waals surface area (Å²) in [6, 6.07) is 6.75. The van der Waals surface area contributed by atoms with Gasteiger partial charge >= 0.3 is 0 Å². The molecule has 1 aromatic rings. The molecule has 3 heterocycles. The maximum Gasteiger partial charge on any atom is 0.246 e. The molecule has 9 nitrogen and oxygen atoms in total. The first-order chi connectivity index (χ1) is 19.0. The van der Waals surface area contributed by atoms with Crippen LogP contribution in [0.25, 0.3) is 0 Å². The van der Waals surface area contributed by atoms with Crippen LogP contribution < -0.4 is 20.7 Å². The van der Waals surface area contributed by atoms with Crippen LogP contribution >= 0.6 is 0 Å². The molecule has 9 heteroatoms. The van der Waals surface area contributed by atoms with Crippen molar-refractivity contribution in [3.05, 3.63) is 29.8 Å². The molecule has 0 radical (unpaired) electrons. The minimum absolute atomic E-state index is 0.0957. The van der Waals surface area contributed by atoms with E-state index in [1.54, 1.807) is 14.0 Å². The quantitative estimate of drug-likeness (QED) is 0.467. The fourth-order valence-electron chi connectivity index (χ4n) is 6.89. The predicted octanol–water partition coefficient (Wildman–Crippen LogP) is 2.02. The monoisotopic (exact) mass is 539 g/mol. The Morgan fingerprint density at radius 2 is 1.82 bits per heavy atom. The molecule has 0 spiro atoms. The van der Waals surface area contributed by atoms with Crippen molar-refractivity contribution in [1.29, 1.82) is 0 Å². The van der Waals surface area contributed by atoms with Crippen molar-refractivity contribution in [2.75, 3.05) is 39.8 Å². The SMILES string of the molecule is CN[C@@H](C)C(=O)N[C@H](C(=O)N1C[C@H]2CCCN2C[C@H]1C(=O)NC[C@@H]1CCOc2ccccc21)C1CCCCC1. The highest BCUT2D eigenvalue weighted by Crippen LogP contribution is 2.33. The van der Waals surface area contributed by atoms with Crippen LogP contribution in [0.2, 0.25) is 0 Å². The van der Waals surface area contributed by atoms with Crippen molar-refractivity contribution in [2.45, 2.75) is 88.4 Å². The largest absolute Gasteiger partial charge is 0.493 e. The molecule has 39 heavy (non-hydrogen) atoms. The topological polar surface area (TPSA) is 103 Å². The van der Waals surface area contributed by atoms with Gasteiger partial charge in [0.1, 0.15) is 17.8 Å². The maximum absolute atomic E-state index is 14.3. The van der Waals surface area contributed by atoms with Crippen LogP contribution in [0.3, 0.4) is 0 Å². The summed E-state index contributed by atoms with van der Waals surface area (Å²) < 4.78 is 5.80. The minimum atomic E-state index is -0.598. The molecule has 1 aliphatic carbocycles. The standard InChI is InChI=1S/C30H45N5O4/c1-20(31-2)28(36)33-27(21-9-4-3-5-10-21)30(38)35-18-23-11-8-15-34(23)19-25(35)29(37)32-17-22-14-16-39-26-13-7-6-12-24(22)26/h6-7,12-13,20-23,25,27,31H,3-5,8-11,14-19H2,1-2H3,(H,32,37)(H,33,36)/t20-,22-,23+,25-,27-/m0/s1. The van der Waals surface area contributed by atoms with E-state index in [0.29, 0.717) is 26.2 Å². The lowest BCUT2D eigenvalue weighted by Crippen LogP contribution is -2.66. The van der Waals surface area contributed by atoms with Gasteiger partial charge in [-0.05, 0) is 70.2 Å². The Kier molecular flexibility index (Phi) is 9.07.